The molecule has 1 aliphatic carbocycles. The maximum atomic E-state index is 13.5. The zero-order valence-electron chi connectivity index (χ0n) is 18.6. The number of nitrogens with one attached hydrogen (secondary N) is 1. The average molecular weight is 443 g/mol. The first-order valence-corrected chi connectivity index (χ1v) is 12.2. The number of nitrogens with zero attached hydrogens (tertiary/aromatic N) is 1. The highest BCUT2D eigenvalue weighted by Crippen LogP contribution is 2.26. The molecule has 1 N–H and O–H groups in total. The molecule has 0 bridgehead atoms. The molecule has 168 valence electrons. The number of aryl methyl sites for hydroxylation is 1. The third kappa shape index (κ3) is 6.91. The minimum atomic E-state index is -0.629. The average Bonchev–Trinajstić information content (AvgIpc) is 3.45. The van der Waals surface area contributed by atoms with E-state index in [0.29, 0.717) is 32.6 Å². The van der Waals surface area contributed by atoms with E-state index in [2.05, 4.69) is 5.32 Å². The van der Waals surface area contributed by atoms with Crippen LogP contribution in [0.1, 0.15) is 61.1 Å². The monoisotopic (exact) mass is 442 g/mol. The highest BCUT2D eigenvalue weighted by Gasteiger charge is 2.32. The molecule has 0 aliphatic heterocycles. The summed E-state index contributed by atoms with van der Waals surface area (Å²) in [6, 6.07) is 11.5. The molecule has 1 aliphatic rings. The fourth-order valence-electron chi connectivity index (χ4n) is 4.11. The van der Waals surface area contributed by atoms with Crippen molar-refractivity contribution in [3.8, 4) is 0 Å². The van der Waals surface area contributed by atoms with E-state index in [1.54, 1.807) is 16.2 Å². The van der Waals surface area contributed by atoms with Crippen LogP contribution in [0.2, 0.25) is 0 Å². The molecule has 2 aromatic rings. The molecule has 1 heterocycles. The smallest absolute Gasteiger partial charge is 0.247 e. The largest absolute Gasteiger partial charge is 0.382 e. The van der Waals surface area contributed by atoms with Crippen LogP contribution in [0.3, 0.4) is 0 Å². The summed E-state index contributed by atoms with van der Waals surface area (Å²) in [6.45, 7) is 5.70. The Hall–Kier alpha value is -2.18. The van der Waals surface area contributed by atoms with Gasteiger partial charge in [0, 0.05) is 30.7 Å². The van der Waals surface area contributed by atoms with Crippen molar-refractivity contribution in [2.45, 2.75) is 64.5 Å². The van der Waals surface area contributed by atoms with Gasteiger partial charge in [0.1, 0.15) is 6.04 Å². The van der Waals surface area contributed by atoms with E-state index in [-0.39, 0.29) is 17.9 Å². The van der Waals surface area contributed by atoms with Crippen LogP contribution in [0.15, 0.2) is 41.8 Å². The third-order valence-electron chi connectivity index (χ3n) is 5.77. The Labute approximate surface area is 189 Å². The van der Waals surface area contributed by atoms with Crippen molar-refractivity contribution in [2.24, 2.45) is 0 Å². The molecule has 1 fully saturated rings. The minimum Gasteiger partial charge on any atom is -0.382 e. The third-order valence-corrected chi connectivity index (χ3v) is 6.65. The normalized spacial score (nSPS) is 15.0. The van der Waals surface area contributed by atoms with Crippen molar-refractivity contribution >= 4 is 23.2 Å². The van der Waals surface area contributed by atoms with Crippen molar-refractivity contribution in [3.05, 3.63) is 57.8 Å². The SMILES string of the molecule is CCOCCCN(C(=O)Cc1cccs1)C(C(=O)NC1CCCC1)c1ccc(C)cc1. The van der Waals surface area contributed by atoms with Crippen LogP contribution in [-0.4, -0.2) is 42.5 Å². The van der Waals surface area contributed by atoms with Gasteiger partial charge in [0.15, 0.2) is 0 Å². The first-order valence-electron chi connectivity index (χ1n) is 11.3. The first kappa shape index (κ1) is 23.5. The molecule has 0 saturated heterocycles. The summed E-state index contributed by atoms with van der Waals surface area (Å²) in [6.07, 6.45) is 5.33. The van der Waals surface area contributed by atoms with Gasteiger partial charge in [-0.2, -0.15) is 0 Å². The fourth-order valence-corrected chi connectivity index (χ4v) is 4.81. The summed E-state index contributed by atoms with van der Waals surface area (Å²) in [4.78, 5) is 29.7. The summed E-state index contributed by atoms with van der Waals surface area (Å²) < 4.78 is 5.50. The molecule has 0 radical (unpaired) electrons. The van der Waals surface area contributed by atoms with E-state index in [0.717, 1.165) is 41.7 Å². The summed E-state index contributed by atoms with van der Waals surface area (Å²) in [7, 11) is 0. The molecule has 1 unspecified atom stereocenters. The molecule has 1 atom stereocenters. The topological polar surface area (TPSA) is 58.6 Å². The van der Waals surface area contributed by atoms with Gasteiger partial charge in [0.25, 0.3) is 0 Å². The van der Waals surface area contributed by atoms with Crippen molar-refractivity contribution in [1.82, 2.24) is 10.2 Å². The zero-order chi connectivity index (χ0) is 22.1. The van der Waals surface area contributed by atoms with E-state index in [9.17, 15) is 9.59 Å². The highest BCUT2D eigenvalue weighted by atomic mass is 32.1. The second-order valence-electron chi connectivity index (χ2n) is 8.20. The summed E-state index contributed by atoms with van der Waals surface area (Å²) in [5.41, 5.74) is 1.99. The van der Waals surface area contributed by atoms with Gasteiger partial charge < -0.3 is 15.0 Å². The number of hydrogen-bond donors (Lipinski definition) is 1. The van der Waals surface area contributed by atoms with Gasteiger partial charge >= 0.3 is 0 Å². The van der Waals surface area contributed by atoms with E-state index in [1.165, 1.54) is 0 Å². The van der Waals surface area contributed by atoms with Gasteiger partial charge in [0.2, 0.25) is 11.8 Å². The minimum absolute atomic E-state index is 0.0221. The van der Waals surface area contributed by atoms with Crippen LogP contribution < -0.4 is 5.32 Å². The Kier molecular flexibility index (Phi) is 9.10. The van der Waals surface area contributed by atoms with E-state index < -0.39 is 6.04 Å². The Bertz CT molecular complexity index is 814. The van der Waals surface area contributed by atoms with E-state index in [4.69, 9.17) is 4.74 Å². The molecule has 6 heteroatoms. The maximum absolute atomic E-state index is 13.5. The molecule has 2 amide bonds. The van der Waals surface area contributed by atoms with Crippen LogP contribution in [0.4, 0.5) is 0 Å². The molecule has 1 aromatic carbocycles. The lowest BCUT2D eigenvalue weighted by Crippen LogP contribution is -2.47. The van der Waals surface area contributed by atoms with Crippen LogP contribution >= 0.6 is 11.3 Å². The van der Waals surface area contributed by atoms with Crippen LogP contribution in [0.5, 0.6) is 0 Å². The number of amides is 2. The highest BCUT2D eigenvalue weighted by molar-refractivity contribution is 7.10. The molecule has 1 aromatic heterocycles. The van der Waals surface area contributed by atoms with Gasteiger partial charge in [-0.25, -0.2) is 0 Å². The summed E-state index contributed by atoms with van der Waals surface area (Å²) >= 11 is 1.57. The molecule has 3 rings (SSSR count). The quantitative estimate of drug-likeness (QED) is 0.515. The Balaban J connectivity index is 1.86. The van der Waals surface area contributed by atoms with Gasteiger partial charge in [-0.15, -0.1) is 11.3 Å². The fraction of sp³-hybridized carbons (Fsp3) is 0.520. The van der Waals surface area contributed by atoms with Crippen LogP contribution in [0, 0.1) is 6.92 Å². The van der Waals surface area contributed by atoms with Crippen LogP contribution in [0.25, 0.3) is 0 Å². The summed E-state index contributed by atoms with van der Waals surface area (Å²) in [5, 5.41) is 5.20. The van der Waals surface area contributed by atoms with Gasteiger partial charge in [0.05, 0.1) is 6.42 Å². The summed E-state index contributed by atoms with van der Waals surface area (Å²) in [5.74, 6) is -0.0993. The Morgan fingerprint density at radius 3 is 2.58 bits per heavy atom. The van der Waals surface area contributed by atoms with Gasteiger partial charge in [-0.05, 0) is 50.1 Å². The van der Waals surface area contributed by atoms with E-state index in [1.807, 2.05) is 55.6 Å². The lowest BCUT2D eigenvalue weighted by Gasteiger charge is -2.32. The number of hydrogen-bond acceptors (Lipinski definition) is 4. The number of benzene rings is 1. The zero-order valence-corrected chi connectivity index (χ0v) is 19.5. The predicted octanol–water partition coefficient (Wildman–Crippen LogP) is 4.65. The second-order valence-corrected chi connectivity index (χ2v) is 9.23. The van der Waals surface area contributed by atoms with Crippen molar-refractivity contribution in [2.75, 3.05) is 19.8 Å². The maximum Gasteiger partial charge on any atom is 0.247 e. The number of carbonyl (C=O) groups excluding carboxylic acids is 2. The number of rotatable bonds is 11. The number of carbonyl (C=O) groups is 2. The van der Waals surface area contributed by atoms with Crippen molar-refractivity contribution < 1.29 is 14.3 Å². The molecule has 0 spiro atoms. The molecule has 31 heavy (non-hydrogen) atoms. The predicted molar refractivity (Wildman–Crippen MR) is 125 cm³/mol. The molecule has 1 saturated carbocycles. The Morgan fingerprint density at radius 2 is 1.94 bits per heavy atom. The second kappa shape index (κ2) is 12.0. The lowest BCUT2D eigenvalue weighted by atomic mass is 10.0. The lowest BCUT2D eigenvalue weighted by molar-refractivity contribution is -0.141. The van der Waals surface area contributed by atoms with Gasteiger partial charge in [-0.3, -0.25) is 9.59 Å². The Morgan fingerprint density at radius 1 is 1.19 bits per heavy atom. The molecule has 5 nitrogen and oxygen atoms in total. The number of thiophene rings is 1. The van der Waals surface area contributed by atoms with Crippen molar-refractivity contribution in [1.29, 1.82) is 0 Å². The number of ether oxygens (including phenoxy) is 1. The van der Waals surface area contributed by atoms with Gasteiger partial charge in [-0.1, -0.05) is 48.7 Å². The van der Waals surface area contributed by atoms with Crippen molar-refractivity contribution in [3.63, 3.8) is 0 Å². The van der Waals surface area contributed by atoms with Crippen LogP contribution in [-0.2, 0) is 20.7 Å². The standard InChI is InChI=1S/C25H34N2O3S/c1-3-30-16-7-15-27(23(28)18-22-10-6-17-31-22)24(20-13-11-19(2)12-14-20)25(29)26-21-8-4-5-9-21/h6,10-14,17,21,24H,3-5,7-9,15-16,18H2,1-2H3,(H,26,29). The first-order chi connectivity index (χ1) is 15.1. The van der Waals surface area contributed by atoms with E-state index >= 15 is 0 Å². The molecular weight excluding hydrogens is 408 g/mol. The molecular formula is C25H34N2O3S.